The van der Waals surface area contributed by atoms with Gasteiger partial charge in [0.1, 0.15) is 5.82 Å². The molecule has 1 aromatic heterocycles. The highest BCUT2D eigenvalue weighted by Gasteiger charge is 2.15. The third-order valence-electron chi connectivity index (χ3n) is 4.01. The number of benzene rings is 1. The molecule has 4 heteroatoms. The number of alkyl halides is 1. The van der Waals surface area contributed by atoms with Crippen molar-refractivity contribution in [3.8, 4) is 0 Å². The molecule has 1 heterocycles. The van der Waals surface area contributed by atoms with E-state index in [1.807, 2.05) is 0 Å². The molecule has 0 amide bonds. The van der Waals surface area contributed by atoms with Gasteiger partial charge in [-0.2, -0.15) is 0 Å². The summed E-state index contributed by atoms with van der Waals surface area (Å²) < 4.78 is 2.27. The van der Waals surface area contributed by atoms with E-state index in [1.165, 1.54) is 11.1 Å². The quantitative estimate of drug-likeness (QED) is 0.746. The van der Waals surface area contributed by atoms with Crippen LogP contribution in [0.4, 0.5) is 0 Å². The topological polar surface area (TPSA) is 21.1 Å². The highest BCUT2D eigenvalue weighted by molar-refractivity contribution is 6.16. The molecule has 2 aromatic rings. The number of halogens is 1. The van der Waals surface area contributed by atoms with Gasteiger partial charge in [0.15, 0.2) is 0 Å². The molecule has 0 atom stereocenters. The lowest BCUT2D eigenvalue weighted by Crippen LogP contribution is -2.39. The minimum atomic E-state index is 0.455. The van der Waals surface area contributed by atoms with Crippen molar-refractivity contribution in [3.05, 3.63) is 29.6 Å². The summed E-state index contributed by atoms with van der Waals surface area (Å²) in [6.07, 6.45) is 0. The SMILES string of the molecule is Cc1ccc2nc(CCl)n(CCN(C(C)C)C(C)C)c2c1. The molecule has 0 radical (unpaired) electrons. The molecule has 0 aliphatic rings. The predicted molar refractivity (Wildman–Crippen MR) is 91.0 cm³/mol. The summed E-state index contributed by atoms with van der Waals surface area (Å²) in [5.74, 6) is 1.42. The monoisotopic (exact) mass is 307 g/mol. The molecule has 2 rings (SSSR count). The van der Waals surface area contributed by atoms with Crippen LogP contribution in [0.5, 0.6) is 0 Å². The molecule has 21 heavy (non-hydrogen) atoms. The molecule has 0 fully saturated rings. The maximum atomic E-state index is 6.09. The van der Waals surface area contributed by atoms with E-state index in [0.29, 0.717) is 18.0 Å². The molecule has 0 N–H and O–H groups in total. The second kappa shape index (κ2) is 6.80. The number of hydrogen-bond acceptors (Lipinski definition) is 2. The van der Waals surface area contributed by atoms with E-state index in [2.05, 4.69) is 67.3 Å². The molecule has 0 bridgehead atoms. The third kappa shape index (κ3) is 3.58. The van der Waals surface area contributed by atoms with Gasteiger partial charge in [0.2, 0.25) is 0 Å². The molecule has 0 saturated heterocycles. The van der Waals surface area contributed by atoms with Crippen LogP contribution >= 0.6 is 11.6 Å². The van der Waals surface area contributed by atoms with Gasteiger partial charge in [-0.25, -0.2) is 4.98 Å². The second-order valence-electron chi connectivity index (χ2n) is 6.23. The number of nitrogens with zero attached hydrogens (tertiary/aromatic N) is 3. The Bertz CT molecular complexity index is 593. The van der Waals surface area contributed by atoms with E-state index in [0.717, 1.165) is 24.4 Å². The van der Waals surface area contributed by atoms with Crippen LogP contribution < -0.4 is 0 Å². The number of aryl methyl sites for hydroxylation is 1. The van der Waals surface area contributed by atoms with Crippen molar-refractivity contribution in [2.45, 2.75) is 59.1 Å². The predicted octanol–water partition coefficient (Wildman–Crippen LogP) is 4.20. The highest BCUT2D eigenvalue weighted by Crippen LogP contribution is 2.19. The fraction of sp³-hybridized carbons (Fsp3) is 0.588. The number of aromatic nitrogens is 2. The van der Waals surface area contributed by atoms with Crippen molar-refractivity contribution >= 4 is 22.6 Å². The van der Waals surface area contributed by atoms with Crippen LogP contribution in [0.25, 0.3) is 11.0 Å². The van der Waals surface area contributed by atoms with E-state index in [-0.39, 0.29) is 0 Å². The van der Waals surface area contributed by atoms with Crippen LogP contribution in [-0.2, 0) is 12.4 Å². The molecule has 0 saturated carbocycles. The van der Waals surface area contributed by atoms with Crippen LogP contribution in [0.15, 0.2) is 18.2 Å². The average Bonchev–Trinajstić information content (AvgIpc) is 2.75. The van der Waals surface area contributed by atoms with E-state index in [1.54, 1.807) is 0 Å². The number of fused-ring (bicyclic) bond motifs is 1. The van der Waals surface area contributed by atoms with Gasteiger partial charge in [-0.1, -0.05) is 6.07 Å². The van der Waals surface area contributed by atoms with Gasteiger partial charge in [0.25, 0.3) is 0 Å². The van der Waals surface area contributed by atoms with Crippen molar-refractivity contribution in [1.29, 1.82) is 0 Å². The summed E-state index contributed by atoms with van der Waals surface area (Å²) in [6.45, 7) is 13.1. The number of hydrogen-bond donors (Lipinski definition) is 0. The Morgan fingerprint density at radius 2 is 1.86 bits per heavy atom. The zero-order valence-electron chi connectivity index (χ0n) is 13.7. The fourth-order valence-corrected chi connectivity index (χ4v) is 3.17. The minimum absolute atomic E-state index is 0.455. The molecule has 0 aliphatic carbocycles. The molecule has 0 aliphatic heterocycles. The normalized spacial score (nSPS) is 12.2. The summed E-state index contributed by atoms with van der Waals surface area (Å²) in [5.41, 5.74) is 3.49. The summed E-state index contributed by atoms with van der Waals surface area (Å²) in [7, 11) is 0. The Hall–Kier alpha value is -1.06. The maximum Gasteiger partial charge on any atom is 0.124 e. The average molecular weight is 308 g/mol. The second-order valence-corrected chi connectivity index (χ2v) is 6.50. The summed E-state index contributed by atoms with van der Waals surface area (Å²) in [4.78, 5) is 7.15. The van der Waals surface area contributed by atoms with Gasteiger partial charge >= 0.3 is 0 Å². The summed E-state index contributed by atoms with van der Waals surface area (Å²) in [5, 5.41) is 0. The zero-order valence-corrected chi connectivity index (χ0v) is 14.5. The molecule has 3 nitrogen and oxygen atoms in total. The van der Waals surface area contributed by atoms with Crippen LogP contribution in [0.1, 0.15) is 39.1 Å². The lowest BCUT2D eigenvalue weighted by atomic mass is 10.2. The molecule has 116 valence electrons. The smallest absolute Gasteiger partial charge is 0.124 e. The first-order chi connectivity index (χ1) is 9.93. The highest BCUT2D eigenvalue weighted by atomic mass is 35.5. The summed E-state index contributed by atoms with van der Waals surface area (Å²) in [6, 6.07) is 7.47. The molecule has 0 spiro atoms. The van der Waals surface area contributed by atoms with E-state index in [4.69, 9.17) is 11.6 Å². The van der Waals surface area contributed by atoms with Crippen LogP contribution in [0, 0.1) is 6.92 Å². The first-order valence-corrected chi connectivity index (χ1v) is 8.25. The Labute approximate surface area is 132 Å². The Balaban J connectivity index is 2.30. The largest absolute Gasteiger partial charge is 0.326 e. The maximum absolute atomic E-state index is 6.09. The Morgan fingerprint density at radius 3 is 2.43 bits per heavy atom. The van der Waals surface area contributed by atoms with Crippen molar-refractivity contribution in [3.63, 3.8) is 0 Å². The van der Waals surface area contributed by atoms with Gasteiger partial charge in [-0.15, -0.1) is 11.6 Å². The van der Waals surface area contributed by atoms with Crippen molar-refractivity contribution in [1.82, 2.24) is 14.5 Å². The van der Waals surface area contributed by atoms with E-state index in [9.17, 15) is 0 Å². The van der Waals surface area contributed by atoms with Crippen molar-refractivity contribution in [2.24, 2.45) is 0 Å². The Kier molecular flexibility index (Phi) is 5.28. The lowest BCUT2D eigenvalue weighted by molar-refractivity contribution is 0.168. The van der Waals surface area contributed by atoms with Gasteiger partial charge in [-0.3, -0.25) is 4.90 Å². The minimum Gasteiger partial charge on any atom is -0.326 e. The van der Waals surface area contributed by atoms with Gasteiger partial charge < -0.3 is 4.57 Å². The van der Waals surface area contributed by atoms with Gasteiger partial charge in [0.05, 0.1) is 16.9 Å². The number of rotatable bonds is 6. The molecule has 1 aromatic carbocycles. The third-order valence-corrected chi connectivity index (χ3v) is 4.25. The van der Waals surface area contributed by atoms with Gasteiger partial charge in [0, 0.05) is 25.2 Å². The lowest BCUT2D eigenvalue weighted by Gasteiger charge is -2.30. The van der Waals surface area contributed by atoms with E-state index < -0.39 is 0 Å². The first kappa shape index (κ1) is 16.3. The molecule has 0 unspecified atom stereocenters. The summed E-state index contributed by atoms with van der Waals surface area (Å²) >= 11 is 6.09. The fourth-order valence-electron chi connectivity index (χ4n) is 2.96. The molecular weight excluding hydrogens is 282 g/mol. The van der Waals surface area contributed by atoms with Crippen LogP contribution in [0.2, 0.25) is 0 Å². The molecular formula is C17H26ClN3. The Morgan fingerprint density at radius 1 is 1.19 bits per heavy atom. The van der Waals surface area contributed by atoms with Crippen LogP contribution in [0.3, 0.4) is 0 Å². The van der Waals surface area contributed by atoms with Crippen molar-refractivity contribution < 1.29 is 0 Å². The van der Waals surface area contributed by atoms with Crippen molar-refractivity contribution in [2.75, 3.05) is 6.54 Å². The first-order valence-electron chi connectivity index (χ1n) is 7.71. The zero-order chi connectivity index (χ0) is 15.6. The van der Waals surface area contributed by atoms with Gasteiger partial charge in [-0.05, 0) is 52.3 Å². The standard InChI is InChI=1S/C17H26ClN3/c1-12(2)20(13(3)4)8-9-21-16-10-14(5)6-7-15(16)19-17(21)11-18/h6-7,10,12-13H,8-9,11H2,1-5H3. The van der Waals surface area contributed by atoms with Crippen LogP contribution in [-0.4, -0.2) is 33.1 Å². The van der Waals surface area contributed by atoms with E-state index >= 15 is 0 Å². The number of imidazole rings is 1.